The second-order valence-electron chi connectivity index (χ2n) is 3.14. The van der Waals surface area contributed by atoms with Crippen LogP contribution >= 0.6 is 23.2 Å². The average molecular weight is 254 g/mol. The van der Waals surface area contributed by atoms with Crippen molar-refractivity contribution in [3.8, 4) is 11.4 Å². The van der Waals surface area contributed by atoms with Crippen LogP contribution in [0.3, 0.4) is 0 Å². The minimum absolute atomic E-state index is 0.555. The highest BCUT2D eigenvalue weighted by Crippen LogP contribution is 2.28. The van der Waals surface area contributed by atoms with E-state index in [9.17, 15) is 0 Å². The Kier molecular flexibility index (Phi) is 3.27. The molecule has 82 valence electrons. The molecule has 0 radical (unpaired) electrons. The first kappa shape index (κ1) is 11.2. The highest BCUT2D eigenvalue weighted by atomic mass is 35.5. The van der Waals surface area contributed by atoms with Crippen LogP contribution in [0.2, 0.25) is 10.0 Å². The summed E-state index contributed by atoms with van der Waals surface area (Å²) in [5.41, 5.74) is 0.728. The van der Waals surface area contributed by atoms with Gasteiger partial charge in [0.05, 0.1) is 5.02 Å². The third-order valence-electron chi connectivity index (χ3n) is 2.08. The lowest BCUT2D eigenvalue weighted by atomic mass is 10.2. The quantitative estimate of drug-likeness (QED) is 0.891. The third-order valence-corrected chi connectivity index (χ3v) is 2.65. The Bertz CT molecular complexity index is 514. The molecule has 0 spiro atoms. The van der Waals surface area contributed by atoms with Gasteiger partial charge in [0.1, 0.15) is 5.82 Å². The van der Waals surface area contributed by atoms with Crippen LogP contribution in [0.5, 0.6) is 0 Å². The molecular weight excluding hydrogens is 245 g/mol. The molecule has 1 N–H and O–H groups in total. The number of nitrogens with zero attached hydrogens (tertiary/aromatic N) is 2. The van der Waals surface area contributed by atoms with Crippen molar-refractivity contribution in [3.63, 3.8) is 0 Å². The summed E-state index contributed by atoms with van der Waals surface area (Å²) < 4.78 is 0. The minimum atomic E-state index is 0.555. The summed E-state index contributed by atoms with van der Waals surface area (Å²) in [6, 6.07) is 6.99. The first-order valence-electron chi connectivity index (χ1n) is 4.67. The van der Waals surface area contributed by atoms with E-state index in [4.69, 9.17) is 23.2 Å². The molecule has 1 aromatic carbocycles. The lowest BCUT2D eigenvalue weighted by Crippen LogP contribution is -1.96. The Labute approximate surface area is 103 Å². The third kappa shape index (κ3) is 2.26. The summed E-state index contributed by atoms with van der Waals surface area (Å²) in [6.07, 6.45) is 1.67. The number of anilines is 1. The molecular formula is C11H9Cl2N3. The first-order chi connectivity index (χ1) is 7.70. The molecule has 0 unspecified atom stereocenters. The van der Waals surface area contributed by atoms with Crippen LogP contribution in [0.25, 0.3) is 11.4 Å². The van der Waals surface area contributed by atoms with Crippen molar-refractivity contribution < 1.29 is 0 Å². The van der Waals surface area contributed by atoms with Crippen molar-refractivity contribution in [3.05, 3.63) is 40.5 Å². The van der Waals surface area contributed by atoms with Gasteiger partial charge in [-0.3, -0.25) is 0 Å². The Morgan fingerprint density at radius 3 is 2.75 bits per heavy atom. The maximum absolute atomic E-state index is 6.07. The van der Waals surface area contributed by atoms with E-state index in [2.05, 4.69) is 15.3 Å². The molecule has 0 saturated heterocycles. The highest BCUT2D eigenvalue weighted by Gasteiger charge is 2.07. The molecule has 2 rings (SSSR count). The van der Waals surface area contributed by atoms with Crippen molar-refractivity contribution in [2.24, 2.45) is 0 Å². The second-order valence-corrected chi connectivity index (χ2v) is 3.98. The van der Waals surface area contributed by atoms with Crippen molar-refractivity contribution in [1.82, 2.24) is 9.97 Å². The van der Waals surface area contributed by atoms with E-state index in [1.165, 1.54) is 0 Å². The number of nitrogens with one attached hydrogen (secondary N) is 1. The van der Waals surface area contributed by atoms with E-state index >= 15 is 0 Å². The van der Waals surface area contributed by atoms with Gasteiger partial charge < -0.3 is 5.32 Å². The fraction of sp³-hybridized carbons (Fsp3) is 0.0909. The van der Waals surface area contributed by atoms with Crippen LogP contribution < -0.4 is 5.32 Å². The van der Waals surface area contributed by atoms with Crippen molar-refractivity contribution >= 4 is 29.0 Å². The molecule has 0 aliphatic heterocycles. The Morgan fingerprint density at radius 1 is 1.19 bits per heavy atom. The van der Waals surface area contributed by atoms with E-state index in [1.54, 1.807) is 37.5 Å². The van der Waals surface area contributed by atoms with Crippen molar-refractivity contribution in [1.29, 1.82) is 0 Å². The van der Waals surface area contributed by atoms with E-state index in [0.29, 0.717) is 15.9 Å². The van der Waals surface area contributed by atoms with Crippen LogP contribution in [-0.2, 0) is 0 Å². The molecule has 5 heteroatoms. The molecule has 0 fully saturated rings. The van der Waals surface area contributed by atoms with Crippen LogP contribution in [0, 0.1) is 0 Å². The molecule has 2 aromatic rings. The molecule has 3 nitrogen and oxygen atoms in total. The molecule has 0 amide bonds. The Hall–Kier alpha value is -1.32. The average Bonchev–Trinajstić information content (AvgIpc) is 2.32. The molecule has 0 aliphatic carbocycles. The number of hydrogen-bond acceptors (Lipinski definition) is 3. The number of halogens is 2. The lowest BCUT2D eigenvalue weighted by molar-refractivity contribution is 1.17. The standard InChI is InChI=1S/C11H9Cl2N3/c1-14-10-4-5-15-11(16-10)8-6-7(12)2-3-9(8)13/h2-6H,1H3,(H,14,15,16). The van der Waals surface area contributed by atoms with Gasteiger partial charge in [-0.05, 0) is 24.3 Å². The van der Waals surface area contributed by atoms with Gasteiger partial charge in [0.2, 0.25) is 0 Å². The normalized spacial score (nSPS) is 10.2. The predicted molar refractivity (Wildman–Crippen MR) is 67.0 cm³/mol. The minimum Gasteiger partial charge on any atom is -0.373 e. The van der Waals surface area contributed by atoms with Gasteiger partial charge >= 0.3 is 0 Å². The largest absolute Gasteiger partial charge is 0.373 e. The maximum atomic E-state index is 6.07. The Morgan fingerprint density at radius 2 is 2.00 bits per heavy atom. The summed E-state index contributed by atoms with van der Waals surface area (Å²) >= 11 is 12.0. The zero-order valence-corrected chi connectivity index (χ0v) is 10.0. The zero-order valence-electron chi connectivity index (χ0n) is 8.54. The van der Waals surface area contributed by atoms with E-state index in [0.717, 1.165) is 11.4 Å². The maximum Gasteiger partial charge on any atom is 0.163 e. The number of benzene rings is 1. The van der Waals surface area contributed by atoms with Gasteiger partial charge in [0, 0.05) is 23.8 Å². The Balaban J connectivity index is 2.53. The molecule has 1 aromatic heterocycles. The van der Waals surface area contributed by atoms with Crippen molar-refractivity contribution in [2.45, 2.75) is 0 Å². The molecule has 0 saturated carbocycles. The van der Waals surface area contributed by atoms with Gasteiger partial charge in [-0.2, -0.15) is 0 Å². The fourth-order valence-corrected chi connectivity index (χ4v) is 1.67. The van der Waals surface area contributed by atoms with Crippen LogP contribution in [0.4, 0.5) is 5.82 Å². The second kappa shape index (κ2) is 4.68. The molecule has 0 atom stereocenters. The summed E-state index contributed by atoms with van der Waals surface area (Å²) in [5.74, 6) is 1.29. The monoisotopic (exact) mass is 253 g/mol. The number of rotatable bonds is 2. The lowest BCUT2D eigenvalue weighted by Gasteiger charge is -2.05. The molecule has 0 bridgehead atoms. The fourth-order valence-electron chi connectivity index (χ4n) is 1.30. The van der Waals surface area contributed by atoms with Gasteiger partial charge in [0.25, 0.3) is 0 Å². The van der Waals surface area contributed by atoms with Gasteiger partial charge in [-0.1, -0.05) is 23.2 Å². The van der Waals surface area contributed by atoms with E-state index in [-0.39, 0.29) is 0 Å². The zero-order chi connectivity index (χ0) is 11.5. The summed E-state index contributed by atoms with van der Waals surface area (Å²) in [4.78, 5) is 8.46. The van der Waals surface area contributed by atoms with Crippen LogP contribution in [0.15, 0.2) is 30.5 Å². The van der Waals surface area contributed by atoms with E-state index in [1.807, 2.05) is 0 Å². The summed E-state index contributed by atoms with van der Waals surface area (Å²) in [7, 11) is 1.80. The van der Waals surface area contributed by atoms with Gasteiger partial charge in [0.15, 0.2) is 5.82 Å². The topological polar surface area (TPSA) is 37.8 Å². The van der Waals surface area contributed by atoms with Crippen LogP contribution in [0.1, 0.15) is 0 Å². The molecule has 1 heterocycles. The molecule has 16 heavy (non-hydrogen) atoms. The smallest absolute Gasteiger partial charge is 0.163 e. The summed E-state index contributed by atoms with van der Waals surface area (Å²) in [5, 5.41) is 4.13. The van der Waals surface area contributed by atoms with E-state index < -0.39 is 0 Å². The number of hydrogen-bond donors (Lipinski definition) is 1. The van der Waals surface area contributed by atoms with Crippen molar-refractivity contribution in [2.75, 3.05) is 12.4 Å². The van der Waals surface area contributed by atoms with Crippen LogP contribution in [-0.4, -0.2) is 17.0 Å². The SMILES string of the molecule is CNc1ccnc(-c2cc(Cl)ccc2Cl)n1. The molecule has 0 aliphatic rings. The van der Waals surface area contributed by atoms with Gasteiger partial charge in [-0.15, -0.1) is 0 Å². The van der Waals surface area contributed by atoms with Gasteiger partial charge in [-0.25, -0.2) is 9.97 Å². The number of aromatic nitrogens is 2. The summed E-state index contributed by atoms with van der Waals surface area (Å²) in [6.45, 7) is 0. The first-order valence-corrected chi connectivity index (χ1v) is 5.42. The highest BCUT2D eigenvalue weighted by molar-refractivity contribution is 6.35. The predicted octanol–water partition coefficient (Wildman–Crippen LogP) is 3.49.